The Labute approximate surface area is 331 Å². The van der Waals surface area contributed by atoms with Crippen molar-refractivity contribution in [1.82, 2.24) is 4.90 Å². The van der Waals surface area contributed by atoms with Gasteiger partial charge < -0.3 is 24.4 Å². The molecule has 2 fully saturated rings. The minimum atomic E-state index is -2.56. The number of para-hydroxylation sites is 1. The summed E-state index contributed by atoms with van der Waals surface area (Å²) in [4.78, 5) is 49.3. The average Bonchev–Trinajstić information content (AvgIpc) is 3.64. The number of carbonyl (C=O) groups is 3. The molecule has 4 aliphatic rings. The molecular formula is C46H53N3O6Si. The Bertz CT molecular complexity index is 2110. The van der Waals surface area contributed by atoms with Crippen molar-refractivity contribution in [3.63, 3.8) is 0 Å². The van der Waals surface area contributed by atoms with Gasteiger partial charge in [-0.25, -0.2) is 0 Å². The number of ether oxygens (including phenoxy) is 2. The van der Waals surface area contributed by atoms with Gasteiger partial charge in [0.05, 0.1) is 46.0 Å². The van der Waals surface area contributed by atoms with Crippen LogP contribution in [0, 0.1) is 5.92 Å². The molecule has 4 heterocycles. The van der Waals surface area contributed by atoms with Gasteiger partial charge in [0.1, 0.15) is 5.75 Å². The largest absolute Gasteiger partial charge is 0.497 e. The molecule has 292 valence electrons. The second kappa shape index (κ2) is 15.3. The highest BCUT2D eigenvalue weighted by Gasteiger charge is 2.67. The van der Waals surface area contributed by atoms with Crippen LogP contribution < -0.4 is 19.7 Å². The summed E-state index contributed by atoms with van der Waals surface area (Å²) in [6, 6.07) is 31.6. The zero-order valence-corrected chi connectivity index (χ0v) is 33.9. The molecule has 0 saturated carbocycles. The fourth-order valence-corrected chi connectivity index (χ4v) is 14.2. The van der Waals surface area contributed by atoms with Gasteiger partial charge in [-0.2, -0.15) is 0 Å². The predicted molar refractivity (Wildman–Crippen MR) is 221 cm³/mol. The van der Waals surface area contributed by atoms with Gasteiger partial charge >= 0.3 is 0 Å². The number of nitrogens with zero attached hydrogens (tertiary/aromatic N) is 3. The van der Waals surface area contributed by atoms with Crippen molar-refractivity contribution in [3.05, 3.63) is 114 Å². The SMILES string of the molecule is COc1ccc([Si](C)(C)[C@@H]2[C@@H](CC(=O)N3Cc4ccccc4C[C@H]3CO)O[C@]3(C(=O)N(c4ccccc4)c4ccc(N5CCCCCCC5=O)cc43)[C@H]2C)cc1. The lowest BCUT2D eigenvalue weighted by molar-refractivity contribution is -0.150. The number of hydrogen-bond donors (Lipinski definition) is 1. The predicted octanol–water partition coefficient (Wildman–Crippen LogP) is 7.22. The molecule has 9 nitrogen and oxygen atoms in total. The van der Waals surface area contributed by atoms with Gasteiger partial charge in [-0.3, -0.25) is 19.3 Å². The van der Waals surface area contributed by atoms with Crippen molar-refractivity contribution in [2.24, 2.45) is 5.92 Å². The molecule has 10 heteroatoms. The second-order valence-electron chi connectivity index (χ2n) is 16.6. The maximum atomic E-state index is 15.5. The number of fused-ring (bicyclic) bond motifs is 3. The van der Waals surface area contributed by atoms with E-state index in [1.54, 1.807) is 12.0 Å². The molecule has 5 atom stereocenters. The fraction of sp³-hybridized carbons (Fsp3) is 0.413. The summed E-state index contributed by atoms with van der Waals surface area (Å²) in [6.07, 6.45) is 4.45. The summed E-state index contributed by atoms with van der Waals surface area (Å²) in [7, 11) is -0.900. The van der Waals surface area contributed by atoms with Crippen molar-refractivity contribution >= 4 is 48.0 Å². The van der Waals surface area contributed by atoms with Gasteiger partial charge in [0.15, 0.2) is 5.60 Å². The molecule has 8 rings (SSSR count). The number of anilines is 3. The quantitative estimate of drug-likeness (QED) is 0.190. The van der Waals surface area contributed by atoms with Crippen molar-refractivity contribution in [3.8, 4) is 5.75 Å². The Morgan fingerprint density at radius 1 is 0.893 bits per heavy atom. The van der Waals surface area contributed by atoms with E-state index in [2.05, 4.69) is 44.3 Å². The molecule has 0 aliphatic carbocycles. The first-order chi connectivity index (χ1) is 27.1. The molecule has 4 aliphatic heterocycles. The Morgan fingerprint density at radius 3 is 2.34 bits per heavy atom. The van der Waals surface area contributed by atoms with Gasteiger partial charge in [-0.15, -0.1) is 0 Å². The molecule has 1 spiro atoms. The van der Waals surface area contributed by atoms with Crippen molar-refractivity contribution in [2.45, 2.75) is 94.8 Å². The van der Waals surface area contributed by atoms with Crippen LogP contribution in [0.25, 0.3) is 0 Å². The maximum absolute atomic E-state index is 15.5. The van der Waals surface area contributed by atoms with Crippen molar-refractivity contribution in [1.29, 1.82) is 0 Å². The number of carbonyl (C=O) groups excluding carboxylic acids is 3. The highest BCUT2D eigenvalue weighted by molar-refractivity contribution is 6.91. The van der Waals surface area contributed by atoms with Crippen LogP contribution in [0.3, 0.4) is 0 Å². The second-order valence-corrected chi connectivity index (χ2v) is 21.3. The summed E-state index contributed by atoms with van der Waals surface area (Å²) in [6.45, 7) is 7.65. The van der Waals surface area contributed by atoms with E-state index in [1.807, 2.05) is 82.6 Å². The highest BCUT2D eigenvalue weighted by Crippen LogP contribution is 2.61. The Hall–Kier alpha value is -4.77. The molecule has 0 aromatic heterocycles. The van der Waals surface area contributed by atoms with Crippen LogP contribution in [0.5, 0.6) is 5.75 Å². The smallest absolute Gasteiger partial charge is 0.268 e. The Balaban J connectivity index is 1.25. The van der Waals surface area contributed by atoms with Crippen LogP contribution in [-0.4, -0.2) is 68.2 Å². The van der Waals surface area contributed by atoms with E-state index in [0.717, 1.165) is 65.2 Å². The van der Waals surface area contributed by atoms with Gasteiger partial charge in [0.2, 0.25) is 11.8 Å². The van der Waals surface area contributed by atoms with Crippen molar-refractivity contribution < 1.29 is 29.0 Å². The minimum absolute atomic E-state index is 0.0697. The van der Waals surface area contributed by atoms with Crippen LogP contribution >= 0.6 is 0 Å². The van der Waals surface area contributed by atoms with Gasteiger partial charge in [-0.1, -0.05) is 92.6 Å². The molecule has 2 saturated heterocycles. The third kappa shape index (κ3) is 6.45. The van der Waals surface area contributed by atoms with Crippen LogP contribution in [0.2, 0.25) is 18.6 Å². The van der Waals surface area contributed by atoms with Gasteiger partial charge in [0.25, 0.3) is 5.91 Å². The zero-order chi connectivity index (χ0) is 39.2. The highest BCUT2D eigenvalue weighted by atomic mass is 28.3. The van der Waals surface area contributed by atoms with Gasteiger partial charge in [-0.05, 0) is 78.4 Å². The number of aliphatic hydroxyl groups is 1. The Morgan fingerprint density at radius 2 is 1.61 bits per heavy atom. The first-order valence-electron chi connectivity index (χ1n) is 20.2. The van der Waals surface area contributed by atoms with Crippen LogP contribution in [0.4, 0.5) is 17.1 Å². The first-order valence-corrected chi connectivity index (χ1v) is 23.3. The van der Waals surface area contributed by atoms with E-state index in [1.165, 1.54) is 5.19 Å². The number of aliphatic hydroxyl groups excluding tert-OH is 1. The molecule has 0 radical (unpaired) electrons. The molecule has 4 aromatic carbocycles. The maximum Gasteiger partial charge on any atom is 0.268 e. The van der Waals surface area contributed by atoms with E-state index >= 15 is 4.79 Å². The number of benzene rings is 4. The summed E-state index contributed by atoms with van der Waals surface area (Å²) in [5, 5.41) is 11.7. The number of rotatable bonds is 8. The minimum Gasteiger partial charge on any atom is -0.497 e. The van der Waals surface area contributed by atoms with E-state index in [4.69, 9.17) is 9.47 Å². The number of amides is 3. The van der Waals surface area contributed by atoms with Crippen LogP contribution in [0.1, 0.15) is 62.1 Å². The summed E-state index contributed by atoms with van der Waals surface area (Å²) < 4.78 is 12.9. The topological polar surface area (TPSA) is 99.6 Å². The van der Waals surface area contributed by atoms with Crippen LogP contribution in [-0.2, 0) is 37.7 Å². The molecule has 0 unspecified atom stereocenters. The molecular weight excluding hydrogens is 719 g/mol. The van der Waals surface area contributed by atoms with Crippen LogP contribution in [0.15, 0.2) is 97.1 Å². The molecule has 1 N–H and O–H groups in total. The van der Waals surface area contributed by atoms with E-state index in [9.17, 15) is 14.7 Å². The standard InChI is InChI=1S/C46H53N3O6Si/c1-31-44(56(3,4)38-22-20-37(54-2)21-23-38)41(28-43(52)48-29-33-15-12-11-14-32(33)26-36(48)30-50)55-46(31)39-27-35(47-25-13-6-5-10-18-42(47)51)19-24-40(39)49(45(46)53)34-16-8-7-9-17-34/h7-9,11-12,14-17,19-24,27,31,36,41,44,50H,5-6,10,13,18,25-26,28-30H2,1-4H3/t31-,36-,41+,44-,46+/m0/s1. The lowest BCUT2D eigenvalue weighted by Crippen LogP contribution is -2.52. The monoisotopic (exact) mass is 771 g/mol. The normalized spacial score (nSPS) is 25.2. The molecule has 0 bridgehead atoms. The third-order valence-corrected chi connectivity index (χ3v) is 17.5. The lowest BCUT2D eigenvalue weighted by Gasteiger charge is -2.39. The molecule has 3 amide bonds. The third-order valence-electron chi connectivity index (χ3n) is 13.1. The Kier molecular flexibility index (Phi) is 10.4. The zero-order valence-electron chi connectivity index (χ0n) is 32.9. The molecule has 4 aromatic rings. The number of hydrogen-bond acceptors (Lipinski definition) is 6. The van der Waals surface area contributed by atoms with Crippen molar-refractivity contribution in [2.75, 3.05) is 30.1 Å². The van der Waals surface area contributed by atoms with E-state index < -0.39 is 19.8 Å². The average molecular weight is 772 g/mol. The fourth-order valence-electron chi connectivity index (χ4n) is 10.2. The summed E-state index contributed by atoms with van der Waals surface area (Å²) in [5.74, 6) is 0.254. The van der Waals surface area contributed by atoms with Gasteiger partial charge in [0, 0.05) is 42.4 Å². The molecule has 56 heavy (non-hydrogen) atoms. The first kappa shape index (κ1) is 38.1. The summed E-state index contributed by atoms with van der Waals surface area (Å²) >= 11 is 0. The van der Waals surface area contributed by atoms with E-state index in [0.29, 0.717) is 25.9 Å². The lowest BCUT2D eigenvalue weighted by atomic mass is 9.82. The number of methoxy groups -OCH3 is 1. The summed E-state index contributed by atoms with van der Waals surface area (Å²) in [5.41, 5.74) is 3.64. The van der Waals surface area contributed by atoms with E-state index in [-0.39, 0.29) is 48.3 Å².